The van der Waals surface area contributed by atoms with Crippen molar-refractivity contribution in [2.75, 3.05) is 23.7 Å². The molecule has 0 atom stereocenters. The van der Waals surface area contributed by atoms with Crippen molar-refractivity contribution in [1.29, 1.82) is 0 Å². The maximum Gasteiger partial charge on any atom is 0.232 e. The van der Waals surface area contributed by atoms with Crippen LogP contribution in [0.3, 0.4) is 0 Å². The highest BCUT2D eigenvalue weighted by molar-refractivity contribution is 7.92. The number of rotatable bonds is 9. The maximum atomic E-state index is 12.2. The number of ketones is 1. The lowest BCUT2D eigenvalue weighted by Crippen LogP contribution is -2.33. The van der Waals surface area contributed by atoms with Crippen molar-refractivity contribution in [3.63, 3.8) is 0 Å². The topological polar surface area (TPSA) is 83.6 Å². The van der Waals surface area contributed by atoms with Crippen LogP contribution in [0.15, 0.2) is 24.3 Å². The first-order valence-corrected chi connectivity index (χ1v) is 11.5. The summed E-state index contributed by atoms with van der Waals surface area (Å²) in [6, 6.07) is 6.56. The van der Waals surface area contributed by atoms with E-state index in [1.54, 1.807) is 24.3 Å². The molecule has 27 heavy (non-hydrogen) atoms. The van der Waals surface area contributed by atoms with Crippen LogP contribution in [0.5, 0.6) is 0 Å². The van der Waals surface area contributed by atoms with Crippen LogP contribution in [0.1, 0.15) is 62.2 Å². The number of sulfonamides is 1. The number of carbonyl (C=O) groups is 2. The molecule has 1 aliphatic rings. The first kappa shape index (κ1) is 21.4. The van der Waals surface area contributed by atoms with Gasteiger partial charge in [-0.3, -0.25) is 13.9 Å². The molecule has 0 saturated heterocycles. The summed E-state index contributed by atoms with van der Waals surface area (Å²) < 4.78 is 25.6. The third kappa shape index (κ3) is 6.97. The normalized spacial score (nSPS) is 15.3. The van der Waals surface area contributed by atoms with Crippen LogP contribution in [-0.4, -0.2) is 39.5 Å². The maximum absolute atomic E-state index is 12.2. The Morgan fingerprint density at radius 1 is 1.19 bits per heavy atom. The van der Waals surface area contributed by atoms with Crippen LogP contribution in [0.4, 0.5) is 5.69 Å². The Hall–Kier alpha value is -1.89. The lowest BCUT2D eigenvalue weighted by atomic mass is 9.89. The van der Waals surface area contributed by atoms with Crippen LogP contribution in [0, 0.1) is 5.92 Å². The van der Waals surface area contributed by atoms with Crippen molar-refractivity contribution >= 4 is 27.4 Å². The number of nitrogens with one attached hydrogen (secondary N) is 1. The van der Waals surface area contributed by atoms with Gasteiger partial charge in [-0.15, -0.1) is 0 Å². The zero-order valence-corrected chi connectivity index (χ0v) is 17.1. The fraction of sp³-hybridized carbons (Fsp3) is 0.600. The lowest BCUT2D eigenvalue weighted by molar-refractivity contribution is -0.121. The summed E-state index contributed by atoms with van der Waals surface area (Å²) >= 11 is 0. The van der Waals surface area contributed by atoms with Gasteiger partial charge in [-0.05, 0) is 44.2 Å². The highest BCUT2D eigenvalue weighted by atomic mass is 32.2. The number of anilines is 1. The molecular weight excluding hydrogens is 364 g/mol. The smallest absolute Gasteiger partial charge is 0.232 e. The van der Waals surface area contributed by atoms with Gasteiger partial charge in [-0.2, -0.15) is 0 Å². The minimum Gasteiger partial charge on any atom is -0.356 e. The van der Waals surface area contributed by atoms with E-state index in [9.17, 15) is 18.0 Å². The monoisotopic (exact) mass is 394 g/mol. The van der Waals surface area contributed by atoms with Crippen LogP contribution in [-0.2, 0) is 14.8 Å². The zero-order valence-electron chi connectivity index (χ0n) is 16.2. The van der Waals surface area contributed by atoms with Crippen molar-refractivity contribution in [2.45, 2.75) is 51.9 Å². The van der Waals surface area contributed by atoms with E-state index in [0.717, 1.165) is 12.8 Å². The Morgan fingerprint density at radius 2 is 1.89 bits per heavy atom. The highest BCUT2D eigenvalue weighted by Gasteiger charge is 2.19. The van der Waals surface area contributed by atoms with E-state index < -0.39 is 10.0 Å². The molecule has 6 nitrogen and oxygen atoms in total. The van der Waals surface area contributed by atoms with Gasteiger partial charge in [-0.25, -0.2) is 8.42 Å². The van der Waals surface area contributed by atoms with Crippen LogP contribution < -0.4 is 9.62 Å². The third-order valence-corrected chi connectivity index (χ3v) is 6.21. The summed E-state index contributed by atoms with van der Waals surface area (Å²) in [6.45, 7) is 2.37. The first-order valence-electron chi connectivity index (χ1n) is 9.63. The Balaban J connectivity index is 1.88. The second-order valence-corrected chi connectivity index (χ2v) is 9.26. The standard InChI is InChI=1S/C20H30N2O4S/c1-16(23)18-10-6-11-19(14-18)22(27(2,25)26)13-7-12-20(24)21-15-17-8-4-3-5-9-17/h6,10-11,14,17H,3-5,7-9,12-13,15H2,1-2H3,(H,21,24). The van der Waals surface area contributed by atoms with Gasteiger partial charge in [0.15, 0.2) is 5.78 Å². The molecule has 0 radical (unpaired) electrons. The number of carbonyl (C=O) groups excluding carboxylic acids is 2. The van der Waals surface area contributed by atoms with Gasteiger partial charge in [0.05, 0.1) is 11.9 Å². The molecule has 0 aliphatic heterocycles. The zero-order chi connectivity index (χ0) is 19.9. The minimum atomic E-state index is -3.50. The number of benzene rings is 1. The van der Waals surface area contributed by atoms with Gasteiger partial charge < -0.3 is 5.32 Å². The largest absolute Gasteiger partial charge is 0.356 e. The first-order chi connectivity index (χ1) is 12.8. The van der Waals surface area contributed by atoms with Crippen LogP contribution >= 0.6 is 0 Å². The predicted molar refractivity (Wildman–Crippen MR) is 107 cm³/mol. The molecule has 1 amide bonds. The molecule has 1 fully saturated rings. The molecule has 0 aromatic heterocycles. The quantitative estimate of drug-likeness (QED) is 0.652. The van der Waals surface area contributed by atoms with Gasteiger partial charge >= 0.3 is 0 Å². The van der Waals surface area contributed by atoms with E-state index in [2.05, 4.69) is 5.32 Å². The second-order valence-electron chi connectivity index (χ2n) is 7.35. The van der Waals surface area contributed by atoms with Crippen molar-refractivity contribution in [3.05, 3.63) is 29.8 Å². The van der Waals surface area contributed by atoms with Gasteiger partial charge in [0.1, 0.15) is 0 Å². The summed E-state index contributed by atoms with van der Waals surface area (Å²) in [5.74, 6) is 0.420. The van der Waals surface area contributed by atoms with Crippen molar-refractivity contribution in [3.8, 4) is 0 Å². The van der Waals surface area contributed by atoms with Gasteiger partial charge in [-0.1, -0.05) is 31.4 Å². The Bertz CT molecular complexity index is 755. The van der Waals surface area contributed by atoms with E-state index in [0.29, 0.717) is 23.6 Å². The average molecular weight is 395 g/mol. The summed E-state index contributed by atoms with van der Waals surface area (Å²) in [5, 5.41) is 2.98. The number of nitrogens with zero attached hydrogens (tertiary/aromatic N) is 1. The Kier molecular flexibility index (Phi) is 7.83. The van der Waals surface area contributed by atoms with E-state index in [-0.39, 0.29) is 24.7 Å². The molecule has 1 aliphatic carbocycles. The summed E-state index contributed by atoms with van der Waals surface area (Å²) in [6.07, 6.45) is 7.96. The predicted octanol–water partition coefficient (Wildman–Crippen LogP) is 3.13. The van der Waals surface area contributed by atoms with E-state index in [4.69, 9.17) is 0 Å². The van der Waals surface area contributed by atoms with Gasteiger partial charge in [0.2, 0.25) is 15.9 Å². The molecule has 1 N–H and O–H groups in total. The van der Waals surface area contributed by atoms with E-state index in [1.807, 2.05) is 0 Å². The van der Waals surface area contributed by atoms with Crippen LogP contribution in [0.2, 0.25) is 0 Å². The molecular formula is C20H30N2O4S. The molecule has 1 aromatic carbocycles. The lowest BCUT2D eigenvalue weighted by Gasteiger charge is -2.23. The Morgan fingerprint density at radius 3 is 2.52 bits per heavy atom. The number of hydrogen-bond donors (Lipinski definition) is 1. The number of hydrogen-bond acceptors (Lipinski definition) is 4. The highest BCUT2D eigenvalue weighted by Crippen LogP contribution is 2.23. The molecule has 0 heterocycles. The number of amides is 1. The fourth-order valence-electron chi connectivity index (χ4n) is 3.49. The average Bonchev–Trinajstić information content (AvgIpc) is 2.63. The van der Waals surface area contributed by atoms with Crippen molar-refractivity contribution < 1.29 is 18.0 Å². The minimum absolute atomic E-state index is 0.0356. The van der Waals surface area contributed by atoms with Gasteiger partial charge in [0.25, 0.3) is 0 Å². The third-order valence-electron chi connectivity index (χ3n) is 5.02. The molecule has 1 saturated carbocycles. The molecule has 150 valence electrons. The molecule has 0 spiro atoms. The molecule has 0 unspecified atom stereocenters. The molecule has 7 heteroatoms. The molecule has 0 bridgehead atoms. The second kappa shape index (κ2) is 9.88. The van der Waals surface area contributed by atoms with Crippen LogP contribution in [0.25, 0.3) is 0 Å². The SMILES string of the molecule is CC(=O)c1cccc(N(CCCC(=O)NCC2CCCCC2)S(C)(=O)=O)c1. The van der Waals surface area contributed by atoms with Crippen molar-refractivity contribution in [2.24, 2.45) is 5.92 Å². The summed E-state index contributed by atoms with van der Waals surface area (Å²) in [5.41, 5.74) is 0.916. The number of Topliss-reactive ketones (excluding diaryl/α,β-unsaturated/α-hetero) is 1. The molecule has 2 rings (SSSR count). The molecule has 1 aromatic rings. The summed E-state index contributed by atoms with van der Waals surface area (Å²) in [7, 11) is -3.50. The Labute approximate surface area is 162 Å². The van der Waals surface area contributed by atoms with Crippen molar-refractivity contribution in [1.82, 2.24) is 5.32 Å². The van der Waals surface area contributed by atoms with E-state index in [1.165, 1.54) is 43.3 Å². The summed E-state index contributed by atoms with van der Waals surface area (Å²) in [4.78, 5) is 23.6. The van der Waals surface area contributed by atoms with Gasteiger partial charge in [0, 0.05) is 25.1 Å². The van der Waals surface area contributed by atoms with E-state index >= 15 is 0 Å². The fourth-order valence-corrected chi connectivity index (χ4v) is 4.44.